The number of hydrogen-bond acceptors (Lipinski definition) is 3. The summed E-state index contributed by atoms with van der Waals surface area (Å²) in [6, 6.07) is 8.33. The molecule has 1 fully saturated rings. The second-order valence-electron chi connectivity index (χ2n) is 5.02. The van der Waals surface area contributed by atoms with Gasteiger partial charge in [-0.25, -0.2) is 0 Å². The Morgan fingerprint density at radius 3 is 2.72 bits per heavy atom. The number of hydrogen-bond donors (Lipinski definition) is 0. The maximum Gasteiger partial charge on any atom is 0.101 e. The van der Waals surface area contributed by atoms with Crippen molar-refractivity contribution in [1.29, 1.82) is 5.26 Å². The van der Waals surface area contributed by atoms with Gasteiger partial charge in [0.05, 0.1) is 11.3 Å². The van der Waals surface area contributed by atoms with Gasteiger partial charge in [0, 0.05) is 26.8 Å². The van der Waals surface area contributed by atoms with E-state index in [9.17, 15) is 5.26 Å². The Kier molecular flexibility index (Phi) is 4.22. The Hall–Kier alpha value is -1.53. The van der Waals surface area contributed by atoms with Crippen molar-refractivity contribution >= 4 is 5.69 Å². The minimum absolute atomic E-state index is 0.668. The Morgan fingerprint density at radius 2 is 2.11 bits per heavy atom. The Bertz CT molecular complexity index is 442. The van der Waals surface area contributed by atoms with Gasteiger partial charge in [-0.3, -0.25) is 0 Å². The van der Waals surface area contributed by atoms with Crippen LogP contribution in [-0.2, 0) is 4.74 Å². The van der Waals surface area contributed by atoms with Crippen LogP contribution >= 0.6 is 0 Å². The summed E-state index contributed by atoms with van der Waals surface area (Å²) in [7, 11) is 1.76. The summed E-state index contributed by atoms with van der Waals surface area (Å²) in [4.78, 5) is 2.33. The van der Waals surface area contributed by atoms with Gasteiger partial charge in [0.2, 0.25) is 0 Å². The van der Waals surface area contributed by atoms with Gasteiger partial charge in [-0.1, -0.05) is 6.07 Å². The van der Waals surface area contributed by atoms with E-state index in [0.717, 1.165) is 43.8 Å². The summed E-state index contributed by atoms with van der Waals surface area (Å²) in [5.41, 5.74) is 3.09. The smallest absolute Gasteiger partial charge is 0.101 e. The topological polar surface area (TPSA) is 36.3 Å². The predicted octanol–water partition coefficient (Wildman–Crippen LogP) is 2.73. The average molecular weight is 244 g/mol. The molecule has 0 bridgehead atoms. The number of nitrogens with zero attached hydrogens (tertiary/aromatic N) is 2. The van der Waals surface area contributed by atoms with Crippen LogP contribution in [0.15, 0.2) is 18.2 Å². The molecule has 2 rings (SSSR count). The zero-order chi connectivity index (χ0) is 13.0. The van der Waals surface area contributed by atoms with Crippen LogP contribution in [0.5, 0.6) is 0 Å². The van der Waals surface area contributed by atoms with E-state index in [4.69, 9.17) is 4.74 Å². The van der Waals surface area contributed by atoms with E-state index >= 15 is 0 Å². The highest BCUT2D eigenvalue weighted by atomic mass is 16.5. The molecule has 0 N–H and O–H groups in total. The van der Waals surface area contributed by atoms with Gasteiger partial charge in [0.15, 0.2) is 0 Å². The lowest BCUT2D eigenvalue weighted by Gasteiger charge is -2.34. The number of methoxy groups -OCH3 is 1. The monoisotopic (exact) mass is 244 g/mol. The van der Waals surface area contributed by atoms with Crippen LogP contribution in [0.3, 0.4) is 0 Å². The first-order chi connectivity index (χ1) is 8.74. The molecule has 0 amide bonds. The minimum atomic E-state index is 0.668. The van der Waals surface area contributed by atoms with Crippen LogP contribution in [0.25, 0.3) is 0 Å². The molecule has 18 heavy (non-hydrogen) atoms. The first kappa shape index (κ1) is 12.9. The fourth-order valence-electron chi connectivity index (χ4n) is 2.57. The van der Waals surface area contributed by atoms with E-state index in [1.54, 1.807) is 7.11 Å². The third-order valence-corrected chi connectivity index (χ3v) is 3.63. The lowest BCUT2D eigenvalue weighted by atomic mass is 9.96. The van der Waals surface area contributed by atoms with Crippen LogP contribution in [0.2, 0.25) is 0 Å². The van der Waals surface area contributed by atoms with Crippen molar-refractivity contribution < 1.29 is 4.74 Å². The van der Waals surface area contributed by atoms with E-state index in [1.165, 1.54) is 5.56 Å². The number of benzene rings is 1. The second kappa shape index (κ2) is 5.88. The van der Waals surface area contributed by atoms with E-state index in [-0.39, 0.29) is 0 Å². The zero-order valence-corrected chi connectivity index (χ0v) is 11.1. The summed E-state index contributed by atoms with van der Waals surface area (Å²) in [6.45, 7) is 4.97. The van der Waals surface area contributed by atoms with Crippen LogP contribution in [0.4, 0.5) is 5.69 Å². The standard InChI is InChI=1S/C15H20N2O/c1-12-3-4-14(10-16)15(9-12)17-7-5-13(6-8-17)11-18-2/h3-4,9,13H,5-8,11H2,1-2H3. The van der Waals surface area contributed by atoms with Crippen LogP contribution < -0.4 is 4.90 Å². The molecule has 1 aliphatic rings. The van der Waals surface area contributed by atoms with Crippen LogP contribution in [0.1, 0.15) is 24.0 Å². The third-order valence-electron chi connectivity index (χ3n) is 3.63. The average Bonchev–Trinajstić information content (AvgIpc) is 2.40. The number of anilines is 1. The molecular formula is C15H20N2O. The predicted molar refractivity (Wildman–Crippen MR) is 72.7 cm³/mol. The van der Waals surface area contributed by atoms with E-state index in [0.29, 0.717) is 5.92 Å². The largest absolute Gasteiger partial charge is 0.384 e. The number of piperidine rings is 1. The number of ether oxygens (including phenoxy) is 1. The van der Waals surface area contributed by atoms with Crippen LogP contribution in [-0.4, -0.2) is 26.8 Å². The van der Waals surface area contributed by atoms with Gasteiger partial charge in [-0.2, -0.15) is 5.26 Å². The van der Waals surface area contributed by atoms with E-state index in [2.05, 4.69) is 24.0 Å². The normalized spacial score (nSPS) is 16.6. The second-order valence-corrected chi connectivity index (χ2v) is 5.02. The maximum atomic E-state index is 9.18. The van der Waals surface area contributed by atoms with Gasteiger partial charge in [0.1, 0.15) is 6.07 Å². The zero-order valence-electron chi connectivity index (χ0n) is 11.1. The van der Waals surface area contributed by atoms with Gasteiger partial charge < -0.3 is 9.64 Å². The van der Waals surface area contributed by atoms with Gasteiger partial charge >= 0.3 is 0 Å². The molecule has 3 nitrogen and oxygen atoms in total. The number of rotatable bonds is 3. The lowest BCUT2D eigenvalue weighted by molar-refractivity contribution is 0.139. The summed E-state index contributed by atoms with van der Waals surface area (Å²) >= 11 is 0. The minimum Gasteiger partial charge on any atom is -0.384 e. The van der Waals surface area contributed by atoms with Gasteiger partial charge in [-0.15, -0.1) is 0 Å². The molecule has 0 radical (unpaired) electrons. The fraction of sp³-hybridized carbons (Fsp3) is 0.533. The fourth-order valence-corrected chi connectivity index (χ4v) is 2.57. The Labute approximate surface area is 109 Å². The van der Waals surface area contributed by atoms with Crippen molar-refractivity contribution in [3.8, 4) is 6.07 Å². The Balaban J connectivity index is 2.10. The highest BCUT2D eigenvalue weighted by Gasteiger charge is 2.20. The number of aryl methyl sites for hydroxylation is 1. The van der Waals surface area contributed by atoms with Gasteiger partial charge in [0.25, 0.3) is 0 Å². The van der Waals surface area contributed by atoms with Crippen molar-refractivity contribution in [2.75, 3.05) is 31.7 Å². The molecule has 0 spiro atoms. The molecule has 1 heterocycles. The summed E-state index contributed by atoms with van der Waals surface area (Å²) in [5, 5.41) is 9.18. The molecule has 1 aromatic rings. The molecule has 3 heteroatoms. The molecule has 1 saturated heterocycles. The van der Waals surface area contributed by atoms with Crippen LogP contribution in [0, 0.1) is 24.2 Å². The van der Waals surface area contributed by atoms with Crippen molar-refractivity contribution in [2.24, 2.45) is 5.92 Å². The third kappa shape index (κ3) is 2.83. The van der Waals surface area contributed by atoms with E-state index < -0.39 is 0 Å². The van der Waals surface area contributed by atoms with Crippen molar-refractivity contribution in [3.63, 3.8) is 0 Å². The highest BCUT2D eigenvalue weighted by Crippen LogP contribution is 2.27. The molecule has 1 aliphatic heterocycles. The molecule has 0 unspecified atom stereocenters. The summed E-state index contributed by atoms with van der Waals surface area (Å²) < 4.78 is 5.22. The van der Waals surface area contributed by atoms with E-state index in [1.807, 2.05) is 12.1 Å². The highest BCUT2D eigenvalue weighted by molar-refractivity contribution is 5.60. The molecule has 1 aromatic carbocycles. The summed E-state index contributed by atoms with van der Waals surface area (Å²) in [6.07, 6.45) is 2.29. The molecule has 0 atom stereocenters. The number of nitriles is 1. The van der Waals surface area contributed by atoms with Crippen molar-refractivity contribution in [3.05, 3.63) is 29.3 Å². The maximum absolute atomic E-state index is 9.18. The van der Waals surface area contributed by atoms with Crippen molar-refractivity contribution in [2.45, 2.75) is 19.8 Å². The first-order valence-electron chi connectivity index (χ1n) is 6.49. The van der Waals surface area contributed by atoms with Crippen molar-refractivity contribution in [1.82, 2.24) is 0 Å². The first-order valence-corrected chi connectivity index (χ1v) is 6.49. The summed E-state index contributed by atoms with van der Waals surface area (Å²) in [5.74, 6) is 0.668. The SMILES string of the molecule is COCC1CCN(c2cc(C)ccc2C#N)CC1. The quantitative estimate of drug-likeness (QED) is 0.820. The molecule has 96 valence electrons. The molecule has 0 aromatic heterocycles. The molecular weight excluding hydrogens is 224 g/mol. The lowest BCUT2D eigenvalue weighted by Crippen LogP contribution is -2.35. The molecule has 0 saturated carbocycles. The van der Waals surface area contributed by atoms with Gasteiger partial charge in [-0.05, 0) is 43.4 Å². The Morgan fingerprint density at radius 1 is 1.39 bits per heavy atom. The molecule has 0 aliphatic carbocycles.